The van der Waals surface area contributed by atoms with Crippen LogP contribution >= 0.6 is 0 Å². The van der Waals surface area contributed by atoms with Gasteiger partial charge in [0.2, 0.25) is 0 Å². The molecule has 1 aromatic carbocycles. The Morgan fingerprint density at radius 2 is 2.00 bits per heavy atom. The van der Waals surface area contributed by atoms with E-state index in [1.165, 1.54) is 5.57 Å². The molecule has 0 heterocycles. The summed E-state index contributed by atoms with van der Waals surface area (Å²) in [5.74, 6) is 0.859. The van der Waals surface area contributed by atoms with Crippen molar-refractivity contribution in [3.05, 3.63) is 35.4 Å². The van der Waals surface area contributed by atoms with Crippen molar-refractivity contribution < 1.29 is 9.53 Å². The topological polar surface area (TPSA) is 26.3 Å². The minimum atomic E-state index is 0.596. The summed E-state index contributed by atoms with van der Waals surface area (Å²) in [6, 6.07) is 7.87. The van der Waals surface area contributed by atoms with E-state index >= 15 is 0 Å². The van der Waals surface area contributed by atoms with Gasteiger partial charge in [-0.15, -0.1) is 0 Å². The summed E-state index contributed by atoms with van der Waals surface area (Å²) >= 11 is 0. The predicted octanol–water partition coefficient (Wildman–Crippen LogP) is 3.08. The second-order valence-electron chi connectivity index (χ2n) is 3.47. The zero-order chi connectivity index (χ0) is 11.1. The molecule has 0 amide bonds. The van der Waals surface area contributed by atoms with Crippen LogP contribution in [-0.4, -0.2) is 13.4 Å². The number of allylic oxidation sites excluding steroid dienone is 1. The average molecular weight is 204 g/mol. The molecule has 15 heavy (non-hydrogen) atoms. The summed E-state index contributed by atoms with van der Waals surface area (Å²) in [6.07, 6.45) is 4.46. The van der Waals surface area contributed by atoms with Crippen LogP contribution in [-0.2, 0) is 4.79 Å². The van der Waals surface area contributed by atoms with E-state index < -0.39 is 0 Å². The highest BCUT2D eigenvalue weighted by Gasteiger charge is 1.93. The number of ether oxygens (including phenoxy) is 1. The maximum atomic E-state index is 10.2. The summed E-state index contributed by atoms with van der Waals surface area (Å²) in [5.41, 5.74) is 2.35. The largest absolute Gasteiger partial charge is 0.497 e. The Labute approximate surface area is 90.6 Å². The van der Waals surface area contributed by atoms with Gasteiger partial charge in [0.05, 0.1) is 7.11 Å². The zero-order valence-electron chi connectivity index (χ0n) is 9.19. The molecule has 1 rings (SSSR count). The first-order chi connectivity index (χ1) is 7.26. The minimum Gasteiger partial charge on any atom is -0.497 e. The molecule has 0 radical (unpaired) electrons. The zero-order valence-corrected chi connectivity index (χ0v) is 9.19. The lowest BCUT2D eigenvalue weighted by Gasteiger charge is -2.01. The number of carbonyl (C=O) groups is 1. The number of hydrogen-bond donors (Lipinski definition) is 0. The quantitative estimate of drug-likeness (QED) is 0.689. The fourth-order valence-corrected chi connectivity index (χ4v) is 1.34. The second-order valence-corrected chi connectivity index (χ2v) is 3.47. The Morgan fingerprint density at radius 1 is 1.33 bits per heavy atom. The lowest BCUT2D eigenvalue weighted by molar-refractivity contribution is -0.107. The third-order valence-corrected chi connectivity index (χ3v) is 2.19. The Bertz CT molecular complexity index is 336. The molecule has 0 fully saturated rings. The van der Waals surface area contributed by atoms with E-state index in [0.717, 1.165) is 24.0 Å². The molecule has 0 aliphatic rings. The molecule has 0 atom stereocenters. The van der Waals surface area contributed by atoms with Crippen LogP contribution in [0.15, 0.2) is 29.8 Å². The highest BCUT2D eigenvalue weighted by Crippen LogP contribution is 2.15. The maximum absolute atomic E-state index is 10.2. The minimum absolute atomic E-state index is 0.596. The van der Waals surface area contributed by atoms with Crippen LogP contribution in [0.2, 0.25) is 0 Å². The Morgan fingerprint density at radius 3 is 2.53 bits per heavy atom. The fraction of sp³-hybridized carbons (Fsp3) is 0.308. The van der Waals surface area contributed by atoms with Crippen molar-refractivity contribution in [2.45, 2.75) is 19.8 Å². The Kier molecular flexibility index (Phi) is 4.61. The van der Waals surface area contributed by atoms with Gasteiger partial charge in [-0.05, 0) is 31.0 Å². The molecule has 0 unspecified atom stereocenters. The van der Waals surface area contributed by atoms with Crippen molar-refractivity contribution in [3.8, 4) is 5.75 Å². The molecular formula is C13H16O2. The normalized spacial score (nSPS) is 11.2. The third-order valence-electron chi connectivity index (χ3n) is 2.19. The molecular weight excluding hydrogens is 188 g/mol. The molecule has 0 aliphatic heterocycles. The number of rotatable bonds is 5. The van der Waals surface area contributed by atoms with Gasteiger partial charge in [0.15, 0.2) is 0 Å². The lowest BCUT2D eigenvalue weighted by Crippen LogP contribution is -1.83. The van der Waals surface area contributed by atoms with Crippen LogP contribution in [0, 0.1) is 0 Å². The first-order valence-corrected chi connectivity index (χ1v) is 5.01. The van der Waals surface area contributed by atoms with E-state index in [9.17, 15) is 4.79 Å². The summed E-state index contributed by atoms with van der Waals surface area (Å²) in [7, 11) is 1.65. The SMILES string of the molecule is COc1ccc(/C=C(/C)CCC=O)cc1. The predicted molar refractivity (Wildman–Crippen MR) is 61.9 cm³/mol. The first-order valence-electron chi connectivity index (χ1n) is 5.01. The average Bonchev–Trinajstić information content (AvgIpc) is 2.27. The van der Waals surface area contributed by atoms with Gasteiger partial charge in [0, 0.05) is 6.42 Å². The molecule has 0 saturated carbocycles. The fourth-order valence-electron chi connectivity index (χ4n) is 1.34. The van der Waals surface area contributed by atoms with Crippen LogP contribution in [0.5, 0.6) is 5.75 Å². The Hall–Kier alpha value is -1.57. The highest BCUT2D eigenvalue weighted by molar-refractivity contribution is 5.55. The van der Waals surface area contributed by atoms with Gasteiger partial charge < -0.3 is 9.53 Å². The van der Waals surface area contributed by atoms with Gasteiger partial charge in [-0.2, -0.15) is 0 Å². The number of benzene rings is 1. The van der Waals surface area contributed by atoms with Crippen molar-refractivity contribution in [1.29, 1.82) is 0 Å². The van der Waals surface area contributed by atoms with Crippen LogP contribution in [0.1, 0.15) is 25.3 Å². The maximum Gasteiger partial charge on any atom is 0.120 e. The van der Waals surface area contributed by atoms with Gasteiger partial charge in [-0.25, -0.2) is 0 Å². The van der Waals surface area contributed by atoms with Crippen LogP contribution in [0.4, 0.5) is 0 Å². The number of aldehydes is 1. The van der Waals surface area contributed by atoms with Crippen molar-refractivity contribution >= 4 is 12.4 Å². The molecule has 2 heteroatoms. The van der Waals surface area contributed by atoms with Crippen molar-refractivity contribution in [2.24, 2.45) is 0 Å². The molecule has 80 valence electrons. The van der Waals surface area contributed by atoms with Crippen molar-refractivity contribution in [2.75, 3.05) is 7.11 Å². The smallest absolute Gasteiger partial charge is 0.120 e. The van der Waals surface area contributed by atoms with Crippen molar-refractivity contribution in [1.82, 2.24) is 0 Å². The molecule has 0 spiro atoms. The van der Waals surface area contributed by atoms with Crippen LogP contribution in [0.3, 0.4) is 0 Å². The third kappa shape index (κ3) is 3.98. The lowest BCUT2D eigenvalue weighted by atomic mass is 10.1. The van der Waals surface area contributed by atoms with Gasteiger partial charge in [-0.3, -0.25) is 0 Å². The first kappa shape index (κ1) is 11.5. The van der Waals surface area contributed by atoms with E-state index in [-0.39, 0.29) is 0 Å². The van der Waals surface area contributed by atoms with E-state index in [4.69, 9.17) is 4.74 Å². The molecule has 0 aliphatic carbocycles. The van der Waals surface area contributed by atoms with E-state index in [0.29, 0.717) is 6.42 Å². The number of hydrogen-bond acceptors (Lipinski definition) is 2. The molecule has 0 saturated heterocycles. The van der Waals surface area contributed by atoms with Gasteiger partial charge >= 0.3 is 0 Å². The highest BCUT2D eigenvalue weighted by atomic mass is 16.5. The van der Waals surface area contributed by atoms with Crippen molar-refractivity contribution in [3.63, 3.8) is 0 Å². The Balaban J connectivity index is 2.66. The van der Waals surface area contributed by atoms with Gasteiger partial charge in [-0.1, -0.05) is 23.8 Å². The molecule has 0 bridgehead atoms. The summed E-state index contributed by atoms with van der Waals surface area (Å²) in [4.78, 5) is 10.2. The summed E-state index contributed by atoms with van der Waals surface area (Å²) < 4.78 is 5.07. The summed E-state index contributed by atoms with van der Waals surface area (Å²) in [5, 5.41) is 0. The van der Waals surface area contributed by atoms with Gasteiger partial charge in [0.25, 0.3) is 0 Å². The van der Waals surface area contributed by atoms with Crippen LogP contribution < -0.4 is 4.74 Å². The second kappa shape index (κ2) is 6.02. The van der Waals surface area contributed by atoms with E-state index in [1.54, 1.807) is 7.11 Å². The van der Waals surface area contributed by atoms with Gasteiger partial charge in [0.1, 0.15) is 12.0 Å². The molecule has 0 aromatic heterocycles. The monoisotopic (exact) mass is 204 g/mol. The molecule has 2 nitrogen and oxygen atoms in total. The number of methoxy groups -OCH3 is 1. The van der Waals surface area contributed by atoms with E-state index in [2.05, 4.69) is 6.08 Å². The standard InChI is InChI=1S/C13H16O2/c1-11(4-3-9-14)10-12-5-7-13(15-2)8-6-12/h5-10H,3-4H2,1-2H3/b11-10-. The van der Waals surface area contributed by atoms with E-state index in [1.807, 2.05) is 31.2 Å². The summed E-state index contributed by atoms with van der Waals surface area (Å²) in [6.45, 7) is 2.04. The molecule has 0 N–H and O–H groups in total. The molecule has 1 aromatic rings. The van der Waals surface area contributed by atoms with Crippen LogP contribution in [0.25, 0.3) is 6.08 Å². The number of carbonyl (C=O) groups excluding carboxylic acids is 1.